The molecule has 0 radical (unpaired) electrons. The fraction of sp³-hybridized carbons (Fsp3) is 0.706. The Labute approximate surface area is 141 Å². The number of carbonyl (C=O) groups excluding carboxylic acids is 5. The molecule has 0 aromatic rings. The van der Waals surface area contributed by atoms with Gasteiger partial charge < -0.3 is 9.47 Å². The lowest BCUT2D eigenvalue weighted by atomic mass is 9.63. The molecule has 0 aliphatic heterocycles. The summed E-state index contributed by atoms with van der Waals surface area (Å²) in [6.07, 6.45) is 0.954. The first-order valence-electron chi connectivity index (χ1n) is 7.89. The molecule has 0 bridgehead atoms. The Kier molecular flexibility index (Phi) is 6.81. The van der Waals surface area contributed by atoms with Crippen LogP contribution in [0.15, 0.2) is 0 Å². The zero-order valence-electron chi connectivity index (χ0n) is 14.5. The Balaban J connectivity index is 2.77. The molecule has 7 heteroatoms. The predicted octanol–water partition coefficient (Wildman–Crippen LogP) is 1.26. The van der Waals surface area contributed by atoms with E-state index in [0.717, 1.165) is 0 Å². The third-order valence-corrected chi connectivity index (χ3v) is 4.34. The number of ketones is 3. The van der Waals surface area contributed by atoms with Crippen molar-refractivity contribution in [1.29, 1.82) is 0 Å². The maximum absolute atomic E-state index is 12.6. The Hall–Kier alpha value is -2.05. The molecular weight excluding hydrogens is 316 g/mol. The summed E-state index contributed by atoms with van der Waals surface area (Å²) in [5, 5.41) is 0. The van der Waals surface area contributed by atoms with Crippen molar-refractivity contribution in [2.75, 3.05) is 14.2 Å². The molecule has 0 aromatic carbocycles. The molecule has 0 N–H and O–H groups in total. The van der Waals surface area contributed by atoms with Crippen LogP contribution < -0.4 is 0 Å². The van der Waals surface area contributed by atoms with Crippen molar-refractivity contribution in [3.05, 3.63) is 0 Å². The van der Waals surface area contributed by atoms with E-state index < -0.39 is 40.6 Å². The van der Waals surface area contributed by atoms with Gasteiger partial charge in [0.05, 0.1) is 14.2 Å². The van der Waals surface area contributed by atoms with Crippen LogP contribution >= 0.6 is 0 Å². The maximum Gasteiger partial charge on any atom is 0.316 e. The van der Waals surface area contributed by atoms with E-state index in [1.165, 1.54) is 14.2 Å². The summed E-state index contributed by atoms with van der Waals surface area (Å²) in [5.74, 6) is -5.26. The minimum atomic E-state index is -1.40. The zero-order valence-corrected chi connectivity index (χ0v) is 14.5. The molecule has 7 nitrogen and oxygen atoms in total. The lowest BCUT2D eigenvalue weighted by molar-refractivity contribution is -0.161. The monoisotopic (exact) mass is 340 g/mol. The minimum absolute atomic E-state index is 0.00740. The van der Waals surface area contributed by atoms with E-state index in [9.17, 15) is 24.0 Å². The van der Waals surface area contributed by atoms with Gasteiger partial charge in [-0.2, -0.15) is 0 Å². The molecule has 1 saturated carbocycles. The first kappa shape index (κ1) is 20.0. The van der Waals surface area contributed by atoms with E-state index in [1.54, 1.807) is 13.8 Å². The highest BCUT2D eigenvalue weighted by Crippen LogP contribution is 2.40. The van der Waals surface area contributed by atoms with Crippen LogP contribution in [0, 0.1) is 17.3 Å². The Morgan fingerprint density at radius 3 is 2.17 bits per heavy atom. The van der Waals surface area contributed by atoms with Gasteiger partial charge in [-0.1, -0.05) is 13.8 Å². The quantitative estimate of drug-likeness (QED) is 0.390. The van der Waals surface area contributed by atoms with Crippen LogP contribution in [0.1, 0.15) is 46.0 Å². The van der Waals surface area contributed by atoms with Crippen molar-refractivity contribution in [1.82, 2.24) is 0 Å². The fourth-order valence-electron chi connectivity index (χ4n) is 3.07. The lowest BCUT2D eigenvalue weighted by Crippen LogP contribution is -2.51. The highest BCUT2D eigenvalue weighted by atomic mass is 16.5. The second kappa shape index (κ2) is 8.17. The molecular formula is C17H24O7. The second-order valence-electron chi connectivity index (χ2n) is 6.67. The van der Waals surface area contributed by atoms with Gasteiger partial charge in [-0.15, -0.1) is 0 Å². The highest BCUT2D eigenvalue weighted by molar-refractivity contribution is 6.25. The molecule has 1 rings (SSSR count). The molecule has 1 aliphatic rings. The van der Waals surface area contributed by atoms with Crippen LogP contribution in [0.5, 0.6) is 0 Å². The first-order valence-corrected chi connectivity index (χ1v) is 7.89. The van der Waals surface area contributed by atoms with Crippen molar-refractivity contribution in [3.8, 4) is 0 Å². The van der Waals surface area contributed by atoms with Gasteiger partial charge in [0, 0.05) is 19.3 Å². The number of unbranched alkanes of at least 4 members (excludes halogenated alkanes) is 1. The number of esters is 2. The molecule has 1 aliphatic carbocycles. The smallest absolute Gasteiger partial charge is 0.316 e. The van der Waals surface area contributed by atoms with Crippen LogP contribution in [0.3, 0.4) is 0 Å². The van der Waals surface area contributed by atoms with Gasteiger partial charge in [-0.3, -0.25) is 24.0 Å². The van der Waals surface area contributed by atoms with Crippen LogP contribution in [-0.4, -0.2) is 43.5 Å². The van der Waals surface area contributed by atoms with Gasteiger partial charge in [-0.25, -0.2) is 0 Å². The Morgan fingerprint density at radius 1 is 1.04 bits per heavy atom. The third kappa shape index (κ3) is 4.49. The number of methoxy groups -OCH3 is 2. The number of Topliss-reactive ketones (excluding diaryl/α,β-unsaturated/α-hetero) is 3. The van der Waals surface area contributed by atoms with Crippen molar-refractivity contribution >= 4 is 29.3 Å². The molecule has 2 atom stereocenters. The molecule has 0 saturated heterocycles. The van der Waals surface area contributed by atoms with Crippen molar-refractivity contribution in [3.63, 3.8) is 0 Å². The molecule has 24 heavy (non-hydrogen) atoms. The van der Waals surface area contributed by atoms with E-state index in [4.69, 9.17) is 0 Å². The summed E-state index contributed by atoms with van der Waals surface area (Å²) < 4.78 is 9.16. The number of carbonyl (C=O) groups is 5. The molecule has 0 aromatic heterocycles. The predicted molar refractivity (Wildman–Crippen MR) is 82.9 cm³/mol. The van der Waals surface area contributed by atoms with Gasteiger partial charge in [0.2, 0.25) is 0 Å². The fourth-order valence-corrected chi connectivity index (χ4v) is 3.07. The summed E-state index contributed by atoms with van der Waals surface area (Å²) in [4.78, 5) is 60.0. The molecule has 0 heterocycles. The SMILES string of the molecule is COC(=O)CCCCC(=O)[C@@H]1C(=O)CC(C)(C)[C@@H](C(=O)OC)C1=O. The summed E-state index contributed by atoms with van der Waals surface area (Å²) in [6.45, 7) is 3.28. The Bertz CT molecular complexity index is 547. The number of ether oxygens (including phenoxy) is 2. The van der Waals surface area contributed by atoms with Crippen molar-refractivity contribution < 1.29 is 33.4 Å². The summed E-state index contributed by atoms with van der Waals surface area (Å²) in [7, 11) is 2.45. The van der Waals surface area contributed by atoms with Crippen molar-refractivity contribution in [2.45, 2.75) is 46.0 Å². The number of hydrogen-bond donors (Lipinski definition) is 0. The molecule has 1 fully saturated rings. The Morgan fingerprint density at radius 2 is 1.62 bits per heavy atom. The molecule has 134 valence electrons. The average Bonchev–Trinajstić information content (AvgIpc) is 2.49. The van der Waals surface area contributed by atoms with Gasteiger partial charge in [-0.05, 0) is 18.3 Å². The van der Waals surface area contributed by atoms with Gasteiger partial charge >= 0.3 is 11.9 Å². The van der Waals surface area contributed by atoms with Crippen LogP contribution in [-0.2, 0) is 33.4 Å². The number of rotatable bonds is 7. The van der Waals surface area contributed by atoms with Crippen LogP contribution in [0.25, 0.3) is 0 Å². The van der Waals surface area contributed by atoms with E-state index in [1.807, 2.05) is 0 Å². The van der Waals surface area contributed by atoms with E-state index in [0.29, 0.717) is 12.8 Å². The molecule has 0 spiro atoms. The molecule has 0 amide bonds. The van der Waals surface area contributed by atoms with Crippen molar-refractivity contribution in [2.24, 2.45) is 17.3 Å². The molecule has 0 unspecified atom stereocenters. The summed E-state index contributed by atoms with van der Waals surface area (Å²) in [6, 6.07) is 0. The average molecular weight is 340 g/mol. The second-order valence-corrected chi connectivity index (χ2v) is 6.67. The van der Waals surface area contributed by atoms with Gasteiger partial charge in [0.25, 0.3) is 0 Å². The number of hydrogen-bond acceptors (Lipinski definition) is 7. The minimum Gasteiger partial charge on any atom is -0.469 e. The van der Waals surface area contributed by atoms with E-state index in [2.05, 4.69) is 9.47 Å². The largest absolute Gasteiger partial charge is 0.469 e. The first-order chi connectivity index (χ1) is 11.2. The van der Waals surface area contributed by atoms with Gasteiger partial charge in [0.15, 0.2) is 17.3 Å². The van der Waals surface area contributed by atoms with E-state index >= 15 is 0 Å². The summed E-state index contributed by atoms with van der Waals surface area (Å²) >= 11 is 0. The lowest BCUT2D eigenvalue weighted by Gasteiger charge is -2.37. The summed E-state index contributed by atoms with van der Waals surface area (Å²) in [5.41, 5.74) is -0.872. The standard InChI is InChI=1S/C17H24O7/c1-17(2)9-11(19)13(15(21)14(17)16(22)24-4)10(18)7-5-6-8-12(20)23-3/h13-14H,5-9H2,1-4H3/t13-,14-/m1/s1. The highest BCUT2D eigenvalue weighted by Gasteiger charge is 2.53. The maximum atomic E-state index is 12.6. The van der Waals surface area contributed by atoms with Crippen LogP contribution in [0.2, 0.25) is 0 Å². The van der Waals surface area contributed by atoms with E-state index in [-0.39, 0.29) is 25.2 Å². The zero-order chi connectivity index (χ0) is 18.5. The topological polar surface area (TPSA) is 104 Å². The van der Waals surface area contributed by atoms with Gasteiger partial charge in [0.1, 0.15) is 11.8 Å². The third-order valence-electron chi connectivity index (χ3n) is 4.34. The normalized spacial score (nSPS) is 22.8. The van der Waals surface area contributed by atoms with Crippen LogP contribution in [0.4, 0.5) is 0 Å².